The fraction of sp³-hybridized carbons (Fsp3) is 0.389. The SMILES string of the molecule is Cc1cc2c(cc1C)O[C@H](C(=O)Nc1nn(C(C)C)cc1C#N)C2. The van der Waals surface area contributed by atoms with Crippen LogP contribution in [-0.4, -0.2) is 21.8 Å². The topological polar surface area (TPSA) is 79.9 Å². The Morgan fingerprint density at radius 3 is 2.79 bits per heavy atom. The molecule has 1 aliphatic heterocycles. The highest BCUT2D eigenvalue weighted by Gasteiger charge is 2.30. The van der Waals surface area contributed by atoms with E-state index in [1.807, 2.05) is 33.8 Å². The molecule has 0 bridgehead atoms. The molecule has 1 aromatic carbocycles. The molecule has 0 unspecified atom stereocenters. The largest absolute Gasteiger partial charge is 0.480 e. The molecule has 1 aromatic heterocycles. The summed E-state index contributed by atoms with van der Waals surface area (Å²) in [6.45, 7) is 7.98. The van der Waals surface area contributed by atoms with Crippen LogP contribution < -0.4 is 10.1 Å². The smallest absolute Gasteiger partial charge is 0.267 e. The number of aromatic nitrogens is 2. The van der Waals surface area contributed by atoms with Crippen LogP contribution >= 0.6 is 0 Å². The number of hydrogen-bond acceptors (Lipinski definition) is 4. The number of aryl methyl sites for hydroxylation is 2. The van der Waals surface area contributed by atoms with Crippen molar-refractivity contribution in [2.45, 2.75) is 46.3 Å². The summed E-state index contributed by atoms with van der Waals surface area (Å²) in [5, 5.41) is 16.2. The van der Waals surface area contributed by atoms with Gasteiger partial charge in [0, 0.05) is 18.7 Å². The second kappa shape index (κ2) is 6.00. The van der Waals surface area contributed by atoms with E-state index >= 15 is 0 Å². The third-order valence-electron chi connectivity index (χ3n) is 4.27. The number of nitrogens with one attached hydrogen (secondary N) is 1. The molecule has 124 valence electrons. The summed E-state index contributed by atoms with van der Waals surface area (Å²) in [6, 6.07) is 6.20. The quantitative estimate of drug-likeness (QED) is 0.941. The van der Waals surface area contributed by atoms with Crippen molar-refractivity contribution in [3.05, 3.63) is 40.6 Å². The minimum absolute atomic E-state index is 0.112. The monoisotopic (exact) mass is 324 g/mol. The van der Waals surface area contributed by atoms with Gasteiger partial charge in [0.05, 0.1) is 0 Å². The Hall–Kier alpha value is -2.81. The number of nitriles is 1. The van der Waals surface area contributed by atoms with Crippen LogP contribution in [0, 0.1) is 25.2 Å². The van der Waals surface area contributed by atoms with Gasteiger partial charge >= 0.3 is 0 Å². The van der Waals surface area contributed by atoms with Crippen molar-refractivity contribution in [2.24, 2.45) is 0 Å². The molecule has 6 nitrogen and oxygen atoms in total. The highest BCUT2D eigenvalue weighted by Crippen LogP contribution is 2.32. The maximum atomic E-state index is 12.5. The van der Waals surface area contributed by atoms with Crippen molar-refractivity contribution in [3.8, 4) is 11.8 Å². The fourth-order valence-corrected chi connectivity index (χ4v) is 2.69. The third-order valence-corrected chi connectivity index (χ3v) is 4.27. The molecule has 0 spiro atoms. The second-order valence-electron chi connectivity index (χ2n) is 6.42. The zero-order valence-electron chi connectivity index (χ0n) is 14.3. The number of amides is 1. The summed E-state index contributed by atoms with van der Waals surface area (Å²) in [4.78, 5) is 12.5. The lowest BCUT2D eigenvalue weighted by molar-refractivity contribution is -0.122. The van der Waals surface area contributed by atoms with Gasteiger partial charge in [0.25, 0.3) is 5.91 Å². The first-order valence-corrected chi connectivity index (χ1v) is 7.96. The molecule has 0 radical (unpaired) electrons. The minimum atomic E-state index is -0.600. The second-order valence-corrected chi connectivity index (χ2v) is 6.42. The zero-order chi connectivity index (χ0) is 17.4. The summed E-state index contributed by atoms with van der Waals surface area (Å²) < 4.78 is 7.43. The van der Waals surface area contributed by atoms with Gasteiger partial charge in [-0.05, 0) is 50.5 Å². The number of hydrogen-bond donors (Lipinski definition) is 1. The lowest BCUT2D eigenvalue weighted by Gasteiger charge is -2.10. The summed E-state index contributed by atoms with van der Waals surface area (Å²) in [5.41, 5.74) is 3.70. The molecule has 0 saturated carbocycles. The molecule has 1 N–H and O–H groups in total. The number of benzene rings is 1. The molecule has 6 heteroatoms. The highest BCUT2D eigenvalue weighted by atomic mass is 16.5. The van der Waals surface area contributed by atoms with Crippen molar-refractivity contribution >= 4 is 11.7 Å². The van der Waals surface area contributed by atoms with E-state index in [1.165, 1.54) is 5.56 Å². The first-order chi connectivity index (χ1) is 11.4. The van der Waals surface area contributed by atoms with Gasteiger partial charge < -0.3 is 10.1 Å². The number of ether oxygens (including phenoxy) is 1. The van der Waals surface area contributed by atoms with Gasteiger partial charge in [-0.15, -0.1) is 0 Å². The van der Waals surface area contributed by atoms with Crippen molar-refractivity contribution in [2.75, 3.05) is 5.32 Å². The number of anilines is 1. The van der Waals surface area contributed by atoms with Crippen LogP contribution in [0.2, 0.25) is 0 Å². The Labute approximate surface area is 141 Å². The molecule has 0 aliphatic carbocycles. The van der Waals surface area contributed by atoms with Crippen molar-refractivity contribution < 1.29 is 9.53 Å². The molecular weight excluding hydrogens is 304 g/mol. The molecular formula is C18H20N4O2. The Kier molecular flexibility index (Phi) is 4.02. The average molecular weight is 324 g/mol. The van der Waals surface area contributed by atoms with Crippen LogP contribution in [0.3, 0.4) is 0 Å². The van der Waals surface area contributed by atoms with Crippen molar-refractivity contribution in [1.82, 2.24) is 9.78 Å². The minimum Gasteiger partial charge on any atom is -0.480 e. The summed E-state index contributed by atoms with van der Waals surface area (Å²) in [5.74, 6) is 0.751. The van der Waals surface area contributed by atoms with Gasteiger partial charge in [0.2, 0.25) is 0 Å². The Balaban J connectivity index is 1.77. The molecule has 0 saturated heterocycles. The normalized spacial score (nSPS) is 15.8. The van der Waals surface area contributed by atoms with Crippen LogP contribution in [0.25, 0.3) is 0 Å². The van der Waals surface area contributed by atoms with E-state index in [0.717, 1.165) is 16.9 Å². The number of fused-ring (bicyclic) bond motifs is 1. The lowest BCUT2D eigenvalue weighted by Crippen LogP contribution is -2.31. The first-order valence-electron chi connectivity index (χ1n) is 7.96. The van der Waals surface area contributed by atoms with Crippen LogP contribution in [-0.2, 0) is 11.2 Å². The van der Waals surface area contributed by atoms with Crippen LogP contribution in [0.5, 0.6) is 5.75 Å². The predicted molar refractivity (Wildman–Crippen MR) is 90.0 cm³/mol. The maximum Gasteiger partial charge on any atom is 0.267 e. The average Bonchev–Trinajstić information content (AvgIpc) is 3.11. The first kappa shape index (κ1) is 16.1. The van der Waals surface area contributed by atoms with Crippen LogP contribution in [0.15, 0.2) is 18.3 Å². The molecule has 24 heavy (non-hydrogen) atoms. The van der Waals surface area contributed by atoms with Crippen LogP contribution in [0.4, 0.5) is 5.82 Å². The molecule has 2 heterocycles. The molecule has 3 rings (SSSR count). The van der Waals surface area contributed by atoms with Gasteiger partial charge in [-0.1, -0.05) is 6.07 Å². The lowest BCUT2D eigenvalue weighted by atomic mass is 10.0. The highest BCUT2D eigenvalue weighted by molar-refractivity contribution is 5.95. The van der Waals surface area contributed by atoms with Gasteiger partial charge in [-0.2, -0.15) is 10.4 Å². The number of nitrogens with zero attached hydrogens (tertiary/aromatic N) is 3. The Morgan fingerprint density at radius 2 is 2.12 bits per heavy atom. The van der Waals surface area contributed by atoms with E-state index < -0.39 is 6.10 Å². The summed E-state index contributed by atoms with van der Waals surface area (Å²) in [7, 11) is 0. The fourth-order valence-electron chi connectivity index (χ4n) is 2.69. The zero-order valence-corrected chi connectivity index (χ0v) is 14.3. The van der Waals surface area contributed by atoms with Gasteiger partial charge in [0.15, 0.2) is 11.9 Å². The Bertz CT molecular complexity index is 814. The van der Waals surface area contributed by atoms with Crippen LogP contribution in [0.1, 0.15) is 42.1 Å². The maximum absolute atomic E-state index is 12.5. The van der Waals surface area contributed by atoms with E-state index in [-0.39, 0.29) is 17.8 Å². The standard InChI is InChI=1S/C18H20N4O2/c1-10(2)22-9-14(8-19)17(21-22)20-18(23)16-7-13-5-11(3)12(4)6-15(13)24-16/h5-6,9-10,16H,7H2,1-4H3,(H,20,21,23)/t16-/m0/s1. The predicted octanol–water partition coefficient (Wildman–Crippen LogP) is 2.89. The van der Waals surface area contributed by atoms with E-state index in [9.17, 15) is 10.1 Å². The molecule has 1 aliphatic rings. The summed E-state index contributed by atoms with van der Waals surface area (Å²) in [6.07, 6.45) is 1.56. The van der Waals surface area contributed by atoms with Crippen molar-refractivity contribution in [1.29, 1.82) is 5.26 Å². The Morgan fingerprint density at radius 1 is 1.42 bits per heavy atom. The molecule has 1 atom stereocenters. The third kappa shape index (κ3) is 2.85. The van der Waals surface area contributed by atoms with Crippen molar-refractivity contribution in [3.63, 3.8) is 0 Å². The molecule has 2 aromatic rings. The van der Waals surface area contributed by atoms with E-state index in [0.29, 0.717) is 12.0 Å². The van der Waals surface area contributed by atoms with E-state index in [1.54, 1.807) is 10.9 Å². The summed E-state index contributed by atoms with van der Waals surface area (Å²) >= 11 is 0. The molecule has 0 fully saturated rings. The number of rotatable bonds is 3. The van der Waals surface area contributed by atoms with E-state index in [4.69, 9.17) is 4.74 Å². The molecule has 1 amide bonds. The number of carbonyl (C=O) groups excluding carboxylic acids is 1. The van der Waals surface area contributed by atoms with Gasteiger partial charge in [-0.3, -0.25) is 9.48 Å². The number of carbonyl (C=O) groups is 1. The van der Waals surface area contributed by atoms with Gasteiger partial charge in [0.1, 0.15) is 17.4 Å². The van der Waals surface area contributed by atoms with E-state index in [2.05, 4.69) is 22.6 Å². The van der Waals surface area contributed by atoms with Gasteiger partial charge in [-0.25, -0.2) is 0 Å².